The maximum atomic E-state index is 10.4. The number of aryl methyl sites for hydroxylation is 1. The van der Waals surface area contributed by atoms with Crippen molar-refractivity contribution in [2.75, 3.05) is 46.6 Å². The van der Waals surface area contributed by atoms with Crippen LogP contribution in [-0.2, 0) is 11.3 Å². The molecular formula is C23H31N3O5. The van der Waals surface area contributed by atoms with Gasteiger partial charge in [-0.2, -0.15) is 0 Å². The summed E-state index contributed by atoms with van der Waals surface area (Å²) < 4.78 is 16.7. The second-order valence-corrected chi connectivity index (χ2v) is 7.29. The number of aromatic hydroxyl groups is 1. The molecule has 8 heteroatoms. The Bertz CT molecular complexity index is 897. The SMILES string of the molecule is CCOc1ccc([C@@H](CN=Cc2c(CO)cnc(C)c2O)N2CCOCC2)cc1OC. The van der Waals surface area contributed by atoms with Crippen molar-refractivity contribution in [3.8, 4) is 17.2 Å². The molecule has 1 aliphatic rings. The molecule has 0 radical (unpaired) electrons. The summed E-state index contributed by atoms with van der Waals surface area (Å²) in [6.45, 7) is 7.43. The average molecular weight is 430 g/mol. The Labute approximate surface area is 183 Å². The molecular weight excluding hydrogens is 398 g/mol. The maximum Gasteiger partial charge on any atom is 0.161 e. The molecule has 8 nitrogen and oxygen atoms in total. The molecule has 2 aromatic rings. The van der Waals surface area contributed by atoms with E-state index in [2.05, 4.69) is 14.9 Å². The van der Waals surface area contributed by atoms with Crippen LogP contribution < -0.4 is 9.47 Å². The van der Waals surface area contributed by atoms with Gasteiger partial charge in [-0.25, -0.2) is 0 Å². The molecule has 1 aromatic heterocycles. The van der Waals surface area contributed by atoms with Crippen molar-refractivity contribution in [1.82, 2.24) is 9.88 Å². The van der Waals surface area contributed by atoms with Crippen LogP contribution >= 0.6 is 0 Å². The number of rotatable bonds is 9. The third-order valence-electron chi connectivity index (χ3n) is 5.39. The van der Waals surface area contributed by atoms with E-state index in [1.165, 1.54) is 0 Å². The lowest BCUT2D eigenvalue weighted by atomic mass is 10.0. The summed E-state index contributed by atoms with van der Waals surface area (Å²) in [4.78, 5) is 11.1. The summed E-state index contributed by atoms with van der Waals surface area (Å²) in [7, 11) is 1.63. The Morgan fingerprint density at radius 2 is 2.06 bits per heavy atom. The number of aliphatic hydroxyl groups is 1. The predicted molar refractivity (Wildman–Crippen MR) is 118 cm³/mol. The third kappa shape index (κ3) is 5.52. The lowest BCUT2D eigenvalue weighted by Crippen LogP contribution is -2.40. The van der Waals surface area contributed by atoms with E-state index in [-0.39, 0.29) is 18.4 Å². The van der Waals surface area contributed by atoms with Gasteiger partial charge >= 0.3 is 0 Å². The summed E-state index contributed by atoms with van der Waals surface area (Å²) in [5.74, 6) is 1.44. The smallest absolute Gasteiger partial charge is 0.161 e. The summed E-state index contributed by atoms with van der Waals surface area (Å²) >= 11 is 0. The number of pyridine rings is 1. The minimum Gasteiger partial charge on any atom is -0.505 e. The lowest BCUT2D eigenvalue weighted by Gasteiger charge is -2.34. The number of aromatic nitrogens is 1. The quantitative estimate of drug-likeness (QED) is 0.591. The fraction of sp³-hybridized carbons (Fsp3) is 0.478. The zero-order chi connectivity index (χ0) is 22.2. The molecule has 31 heavy (non-hydrogen) atoms. The van der Waals surface area contributed by atoms with E-state index in [0.29, 0.717) is 54.7 Å². The van der Waals surface area contributed by atoms with Crippen LogP contribution in [0.15, 0.2) is 29.4 Å². The van der Waals surface area contributed by atoms with E-state index < -0.39 is 0 Å². The van der Waals surface area contributed by atoms with Crippen LogP contribution in [0.25, 0.3) is 0 Å². The number of morpholine rings is 1. The number of aliphatic imine (C=N–C) groups is 1. The highest BCUT2D eigenvalue weighted by Crippen LogP contribution is 2.33. The van der Waals surface area contributed by atoms with Crippen molar-refractivity contribution in [3.05, 3.63) is 46.8 Å². The molecule has 0 bridgehead atoms. The molecule has 2 heterocycles. The van der Waals surface area contributed by atoms with E-state index in [1.807, 2.05) is 25.1 Å². The van der Waals surface area contributed by atoms with Crippen molar-refractivity contribution in [3.63, 3.8) is 0 Å². The zero-order valence-electron chi connectivity index (χ0n) is 18.4. The van der Waals surface area contributed by atoms with Gasteiger partial charge in [0, 0.05) is 36.6 Å². The van der Waals surface area contributed by atoms with Crippen LogP contribution in [0.5, 0.6) is 17.2 Å². The topological polar surface area (TPSA) is 96.6 Å². The van der Waals surface area contributed by atoms with Gasteiger partial charge < -0.3 is 24.4 Å². The highest BCUT2D eigenvalue weighted by molar-refractivity contribution is 5.85. The normalized spacial score (nSPS) is 15.9. The first-order valence-electron chi connectivity index (χ1n) is 10.5. The Morgan fingerprint density at radius 3 is 2.74 bits per heavy atom. The highest BCUT2D eigenvalue weighted by atomic mass is 16.5. The number of aliphatic hydroxyl groups excluding tert-OH is 1. The van der Waals surface area contributed by atoms with E-state index in [0.717, 1.165) is 18.7 Å². The Morgan fingerprint density at radius 1 is 1.29 bits per heavy atom. The van der Waals surface area contributed by atoms with Crippen LogP contribution in [0.4, 0.5) is 0 Å². The first kappa shape index (κ1) is 23.0. The van der Waals surface area contributed by atoms with Gasteiger partial charge in [0.1, 0.15) is 5.75 Å². The van der Waals surface area contributed by atoms with Crippen LogP contribution in [-0.4, -0.2) is 72.9 Å². The number of hydrogen-bond donors (Lipinski definition) is 2. The van der Waals surface area contributed by atoms with Crippen LogP contribution in [0.1, 0.15) is 35.3 Å². The Balaban J connectivity index is 1.89. The van der Waals surface area contributed by atoms with Crippen LogP contribution in [0, 0.1) is 6.92 Å². The van der Waals surface area contributed by atoms with E-state index in [4.69, 9.17) is 14.2 Å². The molecule has 1 aliphatic heterocycles. The molecule has 0 spiro atoms. The first-order valence-corrected chi connectivity index (χ1v) is 10.5. The molecule has 0 unspecified atom stereocenters. The largest absolute Gasteiger partial charge is 0.505 e. The second kappa shape index (κ2) is 11.1. The van der Waals surface area contributed by atoms with Crippen molar-refractivity contribution in [2.45, 2.75) is 26.5 Å². The van der Waals surface area contributed by atoms with Crippen molar-refractivity contribution < 1.29 is 24.4 Å². The molecule has 0 amide bonds. The molecule has 1 fully saturated rings. The molecule has 1 atom stereocenters. The Kier molecular flexibility index (Phi) is 8.22. The predicted octanol–water partition coefficient (Wildman–Crippen LogP) is 2.49. The second-order valence-electron chi connectivity index (χ2n) is 7.29. The molecule has 0 saturated carbocycles. The molecule has 1 saturated heterocycles. The van der Waals surface area contributed by atoms with Crippen molar-refractivity contribution >= 4 is 6.21 Å². The first-order chi connectivity index (χ1) is 15.1. The van der Waals surface area contributed by atoms with Crippen LogP contribution in [0.3, 0.4) is 0 Å². The van der Waals surface area contributed by atoms with E-state index >= 15 is 0 Å². The van der Waals surface area contributed by atoms with E-state index in [9.17, 15) is 10.2 Å². The fourth-order valence-electron chi connectivity index (χ4n) is 3.65. The number of ether oxygens (including phenoxy) is 3. The van der Waals surface area contributed by atoms with Gasteiger partial charge in [-0.15, -0.1) is 0 Å². The molecule has 0 aliphatic carbocycles. The minimum atomic E-state index is -0.217. The number of benzene rings is 1. The highest BCUT2D eigenvalue weighted by Gasteiger charge is 2.23. The number of methoxy groups -OCH3 is 1. The van der Waals surface area contributed by atoms with Gasteiger partial charge in [0.25, 0.3) is 0 Å². The summed E-state index contributed by atoms with van der Waals surface area (Å²) in [5, 5.41) is 20.0. The third-order valence-corrected chi connectivity index (χ3v) is 5.39. The fourth-order valence-corrected chi connectivity index (χ4v) is 3.65. The van der Waals surface area contributed by atoms with Gasteiger partial charge in [0.2, 0.25) is 0 Å². The minimum absolute atomic E-state index is 0.00683. The maximum absolute atomic E-state index is 10.4. The average Bonchev–Trinajstić information content (AvgIpc) is 2.80. The summed E-state index contributed by atoms with van der Waals surface area (Å²) in [6.07, 6.45) is 3.18. The molecule has 1 aromatic carbocycles. The Hall–Kier alpha value is -2.68. The standard InChI is InChI=1S/C23H31N3O5/c1-4-31-21-6-5-17(11-22(21)29-3)20(26-7-9-30-10-8-26)14-24-13-19-18(15-27)12-25-16(2)23(19)28/h5-6,11-13,20,27-28H,4,7-10,14-15H2,1-3H3/t20-/m1/s1. The summed E-state index contributed by atoms with van der Waals surface area (Å²) in [5.41, 5.74) is 2.61. The van der Waals surface area contributed by atoms with Gasteiger partial charge in [0.05, 0.1) is 51.8 Å². The number of nitrogens with zero attached hydrogens (tertiary/aromatic N) is 3. The molecule has 168 valence electrons. The van der Waals surface area contributed by atoms with Crippen molar-refractivity contribution in [2.24, 2.45) is 4.99 Å². The molecule has 3 rings (SSSR count). The van der Waals surface area contributed by atoms with Gasteiger partial charge in [-0.3, -0.25) is 14.9 Å². The zero-order valence-corrected chi connectivity index (χ0v) is 18.4. The monoisotopic (exact) mass is 429 g/mol. The summed E-state index contributed by atoms with van der Waals surface area (Å²) in [6, 6.07) is 5.97. The number of hydrogen-bond acceptors (Lipinski definition) is 8. The lowest BCUT2D eigenvalue weighted by molar-refractivity contribution is 0.0179. The van der Waals surface area contributed by atoms with Crippen LogP contribution in [0.2, 0.25) is 0 Å². The molecule has 2 N–H and O–H groups in total. The van der Waals surface area contributed by atoms with Gasteiger partial charge in [-0.05, 0) is 31.5 Å². The van der Waals surface area contributed by atoms with Gasteiger partial charge in [-0.1, -0.05) is 6.07 Å². The van der Waals surface area contributed by atoms with E-state index in [1.54, 1.807) is 26.4 Å². The van der Waals surface area contributed by atoms with Crippen molar-refractivity contribution in [1.29, 1.82) is 0 Å². The van der Waals surface area contributed by atoms with Gasteiger partial charge in [0.15, 0.2) is 11.5 Å².